The molecular weight excluding hydrogens is 212 g/mol. The molecule has 15 heavy (non-hydrogen) atoms. The first-order valence-electron chi connectivity index (χ1n) is 4.27. The van der Waals surface area contributed by atoms with Gasteiger partial charge in [0.2, 0.25) is 0 Å². The first kappa shape index (κ1) is 9.72. The van der Waals surface area contributed by atoms with Gasteiger partial charge in [-0.25, -0.2) is 4.98 Å². The maximum absolute atomic E-state index is 11.6. The summed E-state index contributed by atoms with van der Waals surface area (Å²) in [4.78, 5) is 15.5. The van der Waals surface area contributed by atoms with Crippen molar-refractivity contribution in [3.8, 4) is 0 Å². The van der Waals surface area contributed by atoms with Gasteiger partial charge in [0.15, 0.2) is 10.8 Å². The van der Waals surface area contributed by atoms with Crippen LogP contribution in [0.3, 0.4) is 0 Å². The van der Waals surface area contributed by atoms with Crippen LogP contribution >= 0.6 is 11.3 Å². The number of nitrogens with one attached hydrogen (secondary N) is 1. The van der Waals surface area contributed by atoms with Crippen molar-refractivity contribution < 1.29 is 4.79 Å². The summed E-state index contributed by atoms with van der Waals surface area (Å²) < 4.78 is 0. The van der Waals surface area contributed by atoms with Crippen molar-refractivity contribution in [2.75, 3.05) is 5.32 Å². The Labute approximate surface area is 90.2 Å². The zero-order chi connectivity index (χ0) is 10.7. The van der Waals surface area contributed by atoms with Crippen LogP contribution in [-0.4, -0.2) is 21.1 Å². The third kappa shape index (κ3) is 2.35. The second-order valence-electron chi connectivity index (χ2n) is 2.85. The van der Waals surface area contributed by atoms with Crippen molar-refractivity contribution in [2.24, 2.45) is 0 Å². The summed E-state index contributed by atoms with van der Waals surface area (Å²) in [5.74, 6) is -0.294. The van der Waals surface area contributed by atoms with Crippen molar-refractivity contribution in [1.82, 2.24) is 15.2 Å². The standard InChI is InChI=1S/C9H8N4OS/c1-6-2-3-7(13-12-6)8(14)11-9-10-4-5-15-9/h2-5H,1H3,(H,10,11,14). The van der Waals surface area contributed by atoms with E-state index in [1.54, 1.807) is 23.7 Å². The van der Waals surface area contributed by atoms with Crippen LogP contribution in [0.25, 0.3) is 0 Å². The van der Waals surface area contributed by atoms with Gasteiger partial charge < -0.3 is 0 Å². The van der Waals surface area contributed by atoms with Gasteiger partial charge in [-0.1, -0.05) is 0 Å². The van der Waals surface area contributed by atoms with E-state index in [0.717, 1.165) is 5.69 Å². The third-order valence-electron chi connectivity index (χ3n) is 1.68. The molecule has 2 heterocycles. The molecule has 0 radical (unpaired) electrons. The highest BCUT2D eigenvalue weighted by atomic mass is 32.1. The zero-order valence-corrected chi connectivity index (χ0v) is 8.78. The lowest BCUT2D eigenvalue weighted by Crippen LogP contribution is -2.14. The summed E-state index contributed by atoms with van der Waals surface area (Å²) in [6, 6.07) is 3.37. The zero-order valence-electron chi connectivity index (χ0n) is 7.97. The average molecular weight is 220 g/mol. The minimum absolute atomic E-state index is 0.288. The van der Waals surface area contributed by atoms with Gasteiger partial charge in [-0.15, -0.1) is 16.4 Å². The Morgan fingerprint density at radius 2 is 2.27 bits per heavy atom. The van der Waals surface area contributed by atoms with Crippen LogP contribution in [0.4, 0.5) is 5.13 Å². The largest absolute Gasteiger partial charge is 0.296 e. The van der Waals surface area contributed by atoms with E-state index in [1.165, 1.54) is 11.3 Å². The summed E-state index contributed by atoms with van der Waals surface area (Å²) in [6.45, 7) is 1.81. The molecule has 0 spiro atoms. The van der Waals surface area contributed by atoms with Crippen LogP contribution in [0.1, 0.15) is 16.2 Å². The quantitative estimate of drug-likeness (QED) is 0.832. The molecule has 0 aromatic carbocycles. The molecule has 2 aromatic rings. The Kier molecular flexibility index (Phi) is 2.68. The summed E-state index contributed by atoms with van der Waals surface area (Å²) in [5, 5.41) is 12.5. The average Bonchev–Trinajstić information content (AvgIpc) is 2.71. The molecule has 0 atom stereocenters. The van der Waals surface area contributed by atoms with Gasteiger partial charge in [-0.2, -0.15) is 5.10 Å². The minimum Gasteiger partial charge on any atom is -0.296 e. The van der Waals surface area contributed by atoms with Crippen molar-refractivity contribution in [3.05, 3.63) is 35.1 Å². The van der Waals surface area contributed by atoms with Crippen LogP contribution in [-0.2, 0) is 0 Å². The molecule has 2 aromatic heterocycles. The van der Waals surface area contributed by atoms with Crippen molar-refractivity contribution in [1.29, 1.82) is 0 Å². The number of aryl methyl sites for hydroxylation is 1. The monoisotopic (exact) mass is 220 g/mol. The van der Waals surface area contributed by atoms with Gasteiger partial charge >= 0.3 is 0 Å². The number of anilines is 1. The van der Waals surface area contributed by atoms with E-state index in [-0.39, 0.29) is 11.6 Å². The van der Waals surface area contributed by atoms with Gasteiger partial charge in [-0.05, 0) is 19.1 Å². The maximum atomic E-state index is 11.6. The molecular formula is C9H8N4OS. The van der Waals surface area contributed by atoms with Crippen LogP contribution in [0.15, 0.2) is 23.7 Å². The lowest BCUT2D eigenvalue weighted by molar-refractivity contribution is 0.102. The van der Waals surface area contributed by atoms with Gasteiger partial charge in [-0.3, -0.25) is 10.1 Å². The molecule has 6 heteroatoms. The lowest BCUT2D eigenvalue weighted by Gasteiger charge is -1.99. The Morgan fingerprint density at radius 3 is 2.87 bits per heavy atom. The number of aromatic nitrogens is 3. The molecule has 1 N–H and O–H groups in total. The molecule has 1 amide bonds. The molecule has 0 aliphatic carbocycles. The number of hydrogen-bond acceptors (Lipinski definition) is 5. The highest BCUT2D eigenvalue weighted by Gasteiger charge is 2.08. The number of thiazole rings is 1. The summed E-state index contributed by atoms with van der Waals surface area (Å²) in [6.07, 6.45) is 1.63. The molecule has 0 bridgehead atoms. The van der Waals surface area contributed by atoms with Crippen LogP contribution < -0.4 is 5.32 Å². The Balaban J connectivity index is 2.11. The van der Waals surface area contributed by atoms with E-state index in [1.807, 2.05) is 6.92 Å². The SMILES string of the molecule is Cc1ccc(C(=O)Nc2nccs2)nn1. The molecule has 0 fully saturated rings. The smallest absolute Gasteiger partial charge is 0.277 e. The summed E-state index contributed by atoms with van der Waals surface area (Å²) >= 11 is 1.36. The Hall–Kier alpha value is -1.82. The number of carbonyl (C=O) groups excluding carboxylic acids is 1. The van der Waals surface area contributed by atoms with E-state index >= 15 is 0 Å². The van der Waals surface area contributed by atoms with Crippen molar-refractivity contribution in [2.45, 2.75) is 6.92 Å². The third-order valence-corrected chi connectivity index (χ3v) is 2.37. The summed E-state index contributed by atoms with van der Waals surface area (Å²) in [5.41, 5.74) is 1.07. The summed E-state index contributed by atoms with van der Waals surface area (Å²) in [7, 11) is 0. The predicted molar refractivity (Wildman–Crippen MR) is 56.8 cm³/mol. The number of rotatable bonds is 2. The van der Waals surface area contributed by atoms with Gasteiger partial charge in [0.25, 0.3) is 5.91 Å². The fourth-order valence-corrected chi connectivity index (χ4v) is 1.49. The molecule has 76 valence electrons. The second kappa shape index (κ2) is 4.14. The van der Waals surface area contributed by atoms with Crippen LogP contribution in [0.5, 0.6) is 0 Å². The number of carbonyl (C=O) groups is 1. The van der Waals surface area contributed by atoms with Crippen molar-refractivity contribution in [3.63, 3.8) is 0 Å². The van der Waals surface area contributed by atoms with Crippen LogP contribution in [0.2, 0.25) is 0 Å². The van der Waals surface area contributed by atoms with E-state index in [4.69, 9.17) is 0 Å². The molecule has 0 aliphatic rings. The Morgan fingerprint density at radius 1 is 1.40 bits per heavy atom. The van der Waals surface area contributed by atoms with E-state index < -0.39 is 0 Å². The second-order valence-corrected chi connectivity index (χ2v) is 3.75. The number of amides is 1. The fraction of sp³-hybridized carbons (Fsp3) is 0.111. The van der Waals surface area contributed by atoms with Crippen LogP contribution in [0, 0.1) is 6.92 Å². The Bertz CT molecular complexity index is 451. The number of nitrogens with zero attached hydrogens (tertiary/aromatic N) is 3. The molecule has 2 rings (SSSR count). The molecule has 5 nitrogen and oxygen atoms in total. The van der Waals surface area contributed by atoms with E-state index in [9.17, 15) is 4.79 Å². The number of hydrogen-bond donors (Lipinski definition) is 1. The predicted octanol–water partition coefficient (Wildman–Crippen LogP) is 1.49. The first-order valence-corrected chi connectivity index (χ1v) is 5.15. The van der Waals surface area contributed by atoms with E-state index in [0.29, 0.717) is 5.13 Å². The molecule has 0 aliphatic heterocycles. The molecule has 0 saturated heterocycles. The minimum atomic E-state index is -0.294. The van der Waals surface area contributed by atoms with Gasteiger partial charge in [0.1, 0.15) is 0 Å². The highest BCUT2D eigenvalue weighted by molar-refractivity contribution is 7.13. The van der Waals surface area contributed by atoms with E-state index in [2.05, 4.69) is 20.5 Å². The molecule has 0 unspecified atom stereocenters. The molecule has 0 saturated carbocycles. The first-order chi connectivity index (χ1) is 7.25. The van der Waals surface area contributed by atoms with Gasteiger partial charge in [0, 0.05) is 11.6 Å². The lowest BCUT2D eigenvalue weighted by atomic mass is 10.3. The topological polar surface area (TPSA) is 67.8 Å². The fourth-order valence-electron chi connectivity index (χ4n) is 0.966. The normalized spacial score (nSPS) is 9.93. The van der Waals surface area contributed by atoms with Crippen molar-refractivity contribution >= 4 is 22.4 Å². The highest BCUT2D eigenvalue weighted by Crippen LogP contribution is 2.11. The van der Waals surface area contributed by atoms with Gasteiger partial charge in [0.05, 0.1) is 5.69 Å². The maximum Gasteiger partial charge on any atom is 0.277 e.